The fourth-order valence-electron chi connectivity index (χ4n) is 3.13. The summed E-state index contributed by atoms with van der Waals surface area (Å²) in [5.41, 5.74) is 7.69. The van der Waals surface area contributed by atoms with E-state index in [0.717, 1.165) is 22.9 Å². The second-order valence-electron chi connectivity index (χ2n) is 5.98. The lowest BCUT2D eigenvalue weighted by Gasteiger charge is -2.25. The molecule has 1 saturated carbocycles. The van der Waals surface area contributed by atoms with Crippen LogP contribution in [0, 0.1) is 5.92 Å². The van der Waals surface area contributed by atoms with Gasteiger partial charge in [-0.2, -0.15) is 4.98 Å². The van der Waals surface area contributed by atoms with Crippen molar-refractivity contribution in [2.75, 3.05) is 0 Å². The Balaban J connectivity index is 1.71. The molecule has 3 rings (SSSR count). The van der Waals surface area contributed by atoms with Crippen LogP contribution in [-0.4, -0.2) is 10.1 Å². The first kappa shape index (κ1) is 14.3. The van der Waals surface area contributed by atoms with Crippen molar-refractivity contribution in [3.05, 3.63) is 35.7 Å². The van der Waals surface area contributed by atoms with Crippen LogP contribution in [0.2, 0.25) is 0 Å². The maximum Gasteiger partial charge on any atom is 0.257 e. The zero-order valence-electron chi connectivity index (χ0n) is 12.6. The van der Waals surface area contributed by atoms with Crippen LogP contribution in [0.4, 0.5) is 0 Å². The standard InChI is InChI=1S/C17H23N3O/c1-2-12-3-7-14(8-4-12)16-19-17(21-20-16)15-9-5-13(11-18)6-10-15/h5-6,9-10,12,14H,2-4,7-8,11,18H2,1H3. The molecule has 1 aromatic heterocycles. The van der Waals surface area contributed by atoms with Gasteiger partial charge in [0.25, 0.3) is 5.89 Å². The second kappa shape index (κ2) is 6.39. The lowest BCUT2D eigenvalue weighted by Crippen LogP contribution is -2.13. The van der Waals surface area contributed by atoms with E-state index < -0.39 is 0 Å². The van der Waals surface area contributed by atoms with Gasteiger partial charge in [0.15, 0.2) is 5.82 Å². The SMILES string of the molecule is CCC1CCC(c2noc(-c3ccc(CN)cc3)n2)CC1. The molecule has 4 heteroatoms. The van der Waals surface area contributed by atoms with E-state index in [9.17, 15) is 0 Å². The third-order valence-electron chi connectivity index (χ3n) is 4.67. The Labute approximate surface area is 125 Å². The molecule has 0 amide bonds. The minimum Gasteiger partial charge on any atom is -0.334 e. The van der Waals surface area contributed by atoms with Crippen molar-refractivity contribution in [2.24, 2.45) is 11.7 Å². The summed E-state index contributed by atoms with van der Waals surface area (Å²) >= 11 is 0. The van der Waals surface area contributed by atoms with Crippen LogP contribution in [0.15, 0.2) is 28.8 Å². The van der Waals surface area contributed by atoms with Gasteiger partial charge in [0, 0.05) is 18.0 Å². The highest BCUT2D eigenvalue weighted by Crippen LogP contribution is 2.36. The summed E-state index contributed by atoms with van der Waals surface area (Å²) in [5, 5.41) is 4.20. The Hall–Kier alpha value is -1.68. The van der Waals surface area contributed by atoms with E-state index in [1.807, 2.05) is 24.3 Å². The number of benzene rings is 1. The molecule has 1 heterocycles. The van der Waals surface area contributed by atoms with E-state index in [2.05, 4.69) is 17.1 Å². The number of hydrogen-bond acceptors (Lipinski definition) is 4. The van der Waals surface area contributed by atoms with Gasteiger partial charge >= 0.3 is 0 Å². The van der Waals surface area contributed by atoms with E-state index in [4.69, 9.17) is 10.3 Å². The molecule has 1 aliphatic carbocycles. The minimum absolute atomic E-state index is 0.466. The van der Waals surface area contributed by atoms with E-state index in [1.165, 1.54) is 32.1 Å². The highest BCUT2D eigenvalue weighted by molar-refractivity contribution is 5.53. The van der Waals surface area contributed by atoms with E-state index in [0.29, 0.717) is 18.4 Å². The molecule has 0 aliphatic heterocycles. The van der Waals surface area contributed by atoms with Crippen molar-refractivity contribution < 1.29 is 4.52 Å². The van der Waals surface area contributed by atoms with Crippen LogP contribution in [-0.2, 0) is 6.54 Å². The molecule has 0 saturated heterocycles. The molecular formula is C17H23N3O. The lowest BCUT2D eigenvalue weighted by molar-refractivity contribution is 0.305. The topological polar surface area (TPSA) is 64.9 Å². The molecule has 0 atom stereocenters. The predicted molar refractivity (Wildman–Crippen MR) is 82.6 cm³/mol. The highest BCUT2D eigenvalue weighted by Gasteiger charge is 2.25. The first-order valence-corrected chi connectivity index (χ1v) is 7.93. The molecule has 112 valence electrons. The molecule has 0 unspecified atom stereocenters. The van der Waals surface area contributed by atoms with Crippen LogP contribution in [0.5, 0.6) is 0 Å². The quantitative estimate of drug-likeness (QED) is 0.925. The summed E-state index contributed by atoms with van der Waals surface area (Å²) in [6.45, 7) is 2.83. The Bertz CT molecular complexity index is 568. The van der Waals surface area contributed by atoms with Crippen molar-refractivity contribution >= 4 is 0 Å². The average Bonchev–Trinajstić information content (AvgIpc) is 3.05. The molecule has 1 fully saturated rings. The first-order chi connectivity index (χ1) is 10.3. The maximum absolute atomic E-state index is 5.61. The van der Waals surface area contributed by atoms with Gasteiger partial charge in [-0.15, -0.1) is 0 Å². The van der Waals surface area contributed by atoms with Crippen molar-refractivity contribution in [1.82, 2.24) is 10.1 Å². The van der Waals surface area contributed by atoms with Crippen molar-refractivity contribution in [3.8, 4) is 11.5 Å². The van der Waals surface area contributed by atoms with Crippen LogP contribution in [0.25, 0.3) is 11.5 Å². The third-order valence-corrected chi connectivity index (χ3v) is 4.67. The largest absolute Gasteiger partial charge is 0.334 e. The summed E-state index contributed by atoms with van der Waals surface area (Å²) in [4.78, 5) is 4.60. The summed E-state index contributed by atoms with van der Waals surface area (Å²) in [6, 6.07) is 8.00. The second-order valence-corrected chi connectivity index (χ2v) is 5.98. The smallest absolute Gasteiger partial charge is 0.257 e. The van der Waals surface area contributed by atoms with Crippen LogP contribution >= 0.6 is 0 Å². The number of nitrogens with two attached hydrogens (primary N) is 1. The van der Waals surface area contributed by atoms with Crippen molar-refractivity contribution in [1.29, 1.82) is 0 Å². The molecular weight excluding hydrogens is 262 g/mol. The van der Waals surface area contributed by atoms with Gasteiger partial charge in [-0.05, 0) is 49.3 Å². The average molecular weight is 285 g/mol. The van der Waals surface area contributed by atoms with Crippen LogP contribution < -0.4 is 5.73 Å². The molecule has 21 heavy (non-hydrogen) atoms. The van der Waals surface area contributed by atoms with Crippen LogP contribution in [0.1, 0.15) is 56.3 Å². The molecule has 0 spiro atoms. The van der Waals surface area contributed by atoms with Crippen molar-refractivity contribution in [2.45, 2.75) is 51.5 Å². The van der Waals surface area contributed by atoms with Gasteiger partial charge in [0.05, 0.1) is 0 Å². The monoisotopic (exact) mass is 285 g/mol. The minimum atomic E-state index is 0.466. The molecule has 2 aromatic rings. The van der Waals surface area contributed by atoms with Gasteiger partial charge in [0.1, 0.15) is 0 Å². The third kappa shape index (κ3) is 3.16. The van der Waals surface area contributed by atoms with E-state index >= 15 is 0 Å². The number of nitrogens with zero attached hydrogens (tertiary/aromatic N) is 2. The summed E-state index contributed by atoms with van der Waals surface area (Å²) < 4.78 is 5.44. The molecule has 0 bridgehead atoms. The normalized spacial score (nSPS) is 22.4. The summed E-state index contributed by atoms with van der Waals surface area (Å²) in [7, 11) is 0. The Morgan fingerprint density at radius 1 is 1.14 bits per heavy atom. The molecule has 2 N–H and O–H groups in total. The van der Waals surface area contributed by atoms with Crippen molar-refractivity contribution in [3.63, 3.8) is 0 Å². The fraction of sp³-hybridized carbons (Fsp3) is 0.529. The number of rotatable bonds is 4. The zero-order chi connectivity index (χ0) is 14.7. The van der Waals surface area contributed by atoms with E-state index in [-0.39, 0.29) is 0 Å². The first-order valence-electron chi connectivity index (χ1n) is 7.93. The highest BCUT2D eigenvalue weighted by atomic mass is 16.5. The van der Waals surface area contributed by atoms with Gasteiger partial charge in [0.2, 0.25) is 0 Å². The fourth-order valence-corrected chi connectivity index (χ4v) is 3.13. The van der Waals surface area contributed by atoms with Crippen LogP contribution in [0.3, 0.4) is 0 Å². The molecule has 4 nitrogen and oxygen atoms in total. The predicted octanol–water partition coefficient (Wildman–Crippen LogP) is 3.88. The molecule has 0 radical (unpaired) electrons. The Kier molecular flexibility index (Phi) is 4.34. The lowest BCUT2D eigenvalue weighted by atomic mass is 9.80. The molecule has 1 aliphatic rings. The summed E-state index contributed by atoms with van der Waals surface area (Å²) in [5.74, 6) is 2.85. The Morgan fingerprint density at radius 3 is 2.48 bits per heavy atom. The van der Waals surface area contributed by atoms with Gasteiger partial charge in [-0.3, -0.25) is 0 Å². The number of aromatic nitrogens is 2. The van der Waals surface area contributed by atoms with E-state index in [1.54, 1.807) is 0 Å². The van der Waals surface area contributed by atoms with Gasteiger partial charge in [-0.1, -0.05) is 30.6 Å². The number of hydrogen-bond donors (Lipinski definition) is 1. The maximum atomic E-state index is 5.61. The van der Waals surface area contributed by atoms with Gasteiger partial charge in [-0.25, -0.2) is 0 Å². The van der Waals surface area contributed by atoms with Gasteiger partial charge < -0.3 is 10.3 Å². The molecule has 1 aromatic carbocycles. The summed E-state index contributed by atoms with van der Waals surface area (Å²) in [6.07, 6.45) is 6.23. The Morgan fingerprint density at radius 2 is 1.86 bits per heavy atom. The zero-order valence-corrected chi connectivity index (χ0v) is 12.6.